The number of nitrogens with one attached hydrogen (secondary N) is 1. The van der Waals surface area contributed by atoms with Crippen LogP contribution in [0.3, 0.4) is 0 Å². The van der Waals surface area contributed by atoms with Crippen LogP contribution in [0.15, 0.2) is 65.6 Å². The number of carbonyl (C=O) groups is 2. The van der Waals surface area contributed by atoms with Gasteiger partial charge >= 0.3 is 135 Å². The van der Waals surface area contributed by atoms with Crippen molar-refractivity contribution in [3.63, 3.8) is 0 Å². The SMILES string of the molecule is C=C([Se]c1ccccc1)C1(C)C(=O)Nc2ccccc2C1=O. The van der Waals surface area contributed by atoms with Crippen LogP contribution in [0.25, 0.3) is 0 Å². The first kappa shape index (κ1) is 14.8. The van der Waals surface area contributed by atoms with Crippen molar-refractivity contribution in [2.45, 2.75) is 6.92 Å². The first-order chi connectivity index (χ1) is 10.5. The normalized spacial score (nSPS) is 20.2. The summed E-state index contributed by atoms with van der Waals surface area (Å²) in [6.07, 6.45) is 0. The Bertz CT molecular complexity index is 770. The summed E-state index contributed by atoms with van der Waals surface area (Å²) in [5, 5.41) is 2.84. The standard InChI is InChI=1S/C18H15NO2Se/c1-12(22-13-8-4-3-5-9-13)18(2)16(20)14-10-6-7-11-15(14)19-17(18)21/h3-11H,1H2,2H3,(H,19,21). The molecule has 1 heterocycles. The van der Waals surface area contributed by atoms with Crippen LogP contribution < -0.4 is 9.78 Å². The quantitative estimate of drug-likeness (QED) is 0.678. The van der Waals surface area contributed by atoms with Crippen LogP contribution in [0.4, 0.5) is 5.69 Å². The molecular weight excluding hydrogens is 341 g/mol. The molecule has 0 radical (unpaired) electrons. The summed E-state index contributed by atoms with van der Waals surface area (Å²) in [6, 6.07) is 16.9. The van der Waals surface area contributed by atoms with E-state index < -0.39 is 5.41 Å². The molecule has 3 rings (SSSR count). The number of amides is 1. The second-order valence-corrected chi connectivity index (χ2v) is 7.74. The molecule has 1 unspecified atom stereocenters. The molecule has 0 spiro atoms. The van der Waals surface area contributed by atoms with Gasteiger partial charge < -0.3 is 0 Å². The predicted octanol–water partition coefficient (Wildman–Crippen LogP) is 2.37. The molecule has 0 bridgehead atoms. The Labute approximate surface area is 135 Å². The first-order valence-corrected chi connectivity index (χ1v) is 8.62. The van der Waals surface area contributed by atoms with Gasteiger partial charge in [0, 0.05) is 0 Å². The summed E-state index contributed by atoms with van der Waals surface area (Å²) in [6.45, 7) is 5.74. The van der Waals surface area contributed by atoms with Gasteiger partial charge in [-0.15, -0.1) is 0 Å². The molecule has 1 aliphatic heterocycles. The third-order valence-electron chi connectivity index (χ3n) is 3.87. The first-order valence-electron chi connectivity index (χ1n) is 6.91. The Hall–Kier alpha value is -2.16. The summed E-state index contributed by atoms with van der Waals surface area (Å²) < 4.78 is 1.77. The second kappa shape index (κ2) is 5.56. The molecule has 1 N–H and O–H groups in total. The van der Waals surface area contributed by atoms with E-state index in [2.05, 4.69) is 11.9 Å². The molecule has 0 saturated carbocycles. The molecule has 1 atom stereocenters. The van der Waals surface area contributed by atoms with Crippen LogP contribution in [0.1, 0.15) is 17.3 Å². The molecule has 0 fully saturated rings. The fraction of sp³-hybridized carbons (Fsp3) is 0.111. The van der Waals surface area contributed by atoms with E-state index in [0.29, 0.717) is 15.7 Å². The van der Waals surface area contributed by atoms with Crippen molar-refractivity contribution in [2.24, 2.45) is 5.41 Å². The van der Waals surface area contributed by atoms with Gasteiger partial charge in [0.1, 0.15) is 0 Å². The number of rotatable bonds is 3. The summed E-state index contributed by atoms with van der Waals surface area (Å²) in [5.41, 5.74) is -0.0749. The molecule has 2 aromatic carbocycles. The number of benzene rings is 2. The maximum atomic E-state index is 12.9. The number of para-hydroxylation sites is 1. The van der Waals surface area contributed by atoms with E-state index in [1.807, 2.05) is 30.3 Å². The maximum absolute atomic E-state index is 12.9. The molecule has 3 nitrogen and oxygen atoms in total. The van der Waals surface area contributed by atoms with Crippen molar-refractivity contribution in [3.05, 3.63) is 71.2 Å². The average Bonchev–Trinajstić information content (AvgIpc) is 2.53. The minimum absolute atomic E-state index is 0.144. The molecule has 1 aliphatic rings. The number of hydrogen-bond acceptors (Lipinski definition) is 2. The van der Waals surface area contributed by atoms with Crippen molar-refractivity contribution >= 4 is 36.8 Å². The van der Waals surface area contributed by atoms with E-state index in [1.165, 1.54) is 0 Å². The zero-order chi connectivity index (χ0) is 15.7. The third kappa shape index (κ3) is 2.31. The Morgan fingerprint density at radius 1 is 1.05 bits per heavy atom. The van der Waals surface area contributed by atoms with Gasteiger partial charge in [0.15, 0.2) is 0 Å². The molecule has 2 aromatic rings. The monoisotopic (exact) mass is 357 g/mol. The summed E-state index contributed by atoms with van der Waals surface area (Å²) in [4.78, 5) is 25.4. The van der Waals surface area contributed by atoms with Crippen molar-refractivity contribution in [1.82, 2.24) is 0 Å². The molecule has 0 aliphatic carbocycles. The summed E-state index contributed by atoms with van der Waals surface area (Å²) in [5.74, 6) is -0.464. The van der Waals surface area contributed by atoms with Crippen molar-refractivity contribution < 1.29 is 9.59 Å². The number of anilines is 1. The van der Waals surface area contributed by atoms with Gasteiger partial charge in [-0.2, -0.15) is 0 Å². The van der Waals surface area contributed by atoms with Gasteiger partial charge in [0.25, 0.3) is 0 Å². The van der Waals surface area contributed by atoms with Crippen LogP contribution in [0, 0.1) is 5.41 Å². The fourth-order valence-corrected chi connectivity index (χ4v) is 4.43. The number of carbonyl (C=O) groups excluding carboxylic acids is 2. The van der Waals surface area contributed by atoms with Crippen LogP contribution in [0.2, 0.25) is 0 Å². The van der Waals surface area contributed by atoms with E-state index in [1.54, 1.807) is 31.2 Å². The molecule has 0 aromatic heterocycles. The van der Waals surface area contributed by atoms with E-state index in [9.17, 15) is 9.59 Å². The third-order valence-corrected chi connectivity index (χ3v) is 6.31. The van der Waals surface area contributed by atoms with Gasteiger partial charge in [-0.25, -0.2) is 0 Å². The van der Waals surface area contributed by atoms with E-state index in [0.717, 1.165) is 4.46 Å². The number of Topliss-reactive ketones (excluding diaryl/α,β-unsaturated/α-hetero) is 1. The summed E-state index contributed by atoms with van der Waals surface area (Å²) >= 11 is -0.144. The molecule has 0 saturated heterocycles. The second-order valence-electron chi connectivity index (χ2n) is 5.29. The van der Waals surface area contributed by atoms with Crippen molar-refractivity contribution in [1.29, 1.82) is 0 Å². The number of fused-ring (bicyclic) bond motifs is 1. The van der Waals surface area contributed by atoms with Gasteiger partial charge in [-0.3, -0.25) is 0 Å². The van der Waals surface area contributed by atoms with Crippen molar-refractivity contribution in [2.75, 3.05) is 5.32 Å². The Morgan fingerprint density at radius 2 is 1.68 bits per heavy atom. The van der Waals surface area contributed by atoms with Crippen molar-refractivity contribution in [3.8, 4) is 0 Å². The van der Waals surface area contributed by atoms with E-state index in [4.69, 9.17) is 0 Å². The minimum atomic E-state index is -1.20. The topological polar surface area (TPSA) is 46.2 Å². The van der Waals surface area contributed by atoms with Crippen LogP contribution >= 0.6 is 0 Å². The Morgan fingerprint density at radius 3 is 2.41 bits per heavy atom. The molecule has 22 heavy (non-hydrogen) atoms. The van der Waals surface area contributed by atoms with Crippen LogP contribution in [-0.4, -0.2) is 26.6 Å². The number of ketones is 1. The van der Waals surface area contributed by atoms with E-state index >= 15 is 0 Å². The average molecular weight is 356 g/mol. The summed E-state index contributed by atoms with van der Waals surface area (Å²) in [7, 11) is 0. The van der Waals surface area contributed by atoms with Gasteiger partial charge in [-0.1, -0.05) is 0 Å². The van der Waals surface area contributed by atoms with Gasteiger partial charge in [-0.05, 0) is 0 Å². The van der Waals surface area contributed by atoms with Gasteiger partial charge in [0.2, 0.25) is 0 Å². The predicted molar refractivity (Wildman–Crippen MR) is 88.5 cm³/mol. The molecule has 4 heteroatoms. The number of hydrogen-bond donors (Lipinski definition) is 1. The molecule has 1 amide bonds. The fourth-order valence-electron chi connectivity index (χ4n) is 2.40. The van der Waals surface area contributed by atoms with Crippen LogP contribution in [-0.2, 0) is 4.79 Å². The Kier molecular flexibility index (Phi) is 3.73. The van der Waals surface area contributed by atoms with Gasteiger partial charge in [0.05, 0.1) is 0 Å². The molecule has 110 valence electrons. The van der Waals surface area contributed by atoms with E-state index in [-0.39, 0.29) is 26.6 Å². The zero-order valence-corrected chi connectivity index (χ0v) is 13.8. The molecular formula is C18H15NO2Se. The Balaban J connectivity index is 1.97. The zero-order valence-electron chi connectivity index (χ0n) is 12.1. The van der Waals surface area contributed by atoms with Crippen LogP contribution in [0.5, 0.6) is 0 Å².